The van der Waals surface area contributed by atoms with Crippen LogP contribution in [-0.2, 0) is 0 Å². The Labute approximate surface area is 69.4 Å². The fraction of sp³-hybridized carbons (Fsp3) is 0.571. The molecule has 1 unspecified atom stereocenters. The van der Waals surface area contributed by atoms with Crippen molar-refractivity contribution in [2.75, 3.05) is 0 Å². The van der Waals surface area contributed by atoms with Crippen molar-refractivity contribution in [1.82, 2.24) is 9.78 Å². The first-order valence-corrected chi connectivity index (χ1v) is 4.24. The molecule has 10 heavy (non-hydrogen) atoms. The topological polar surface area (TPSA) is 17.8 Å². The molecule has 0 amide bonds. The lowest BCUT2D eigenvalue weighted by Crippen LogP contribution is -2.03. The van der Waals surface area contributed by atoms with Crippen LogP contribution in [0.4, 0.5) is 0 Å². The summed E-state index contributed by atoms with van der Waals surface area (Å²) in [5.41, 5.74) is 0. The molecule has 0 radical (unpaired) electrons. The predicted octanol–water partition coefficient (Wildman–Crippen LogP) is 2.62. The minimum atomic E-state index is 0.506. The van der Waals surface area contributed by atoms with Gasteiger partial charge in [-0.15, -0.1) is 0 Å². The first-order chi connectivity index (χ1) is 4.74. The number of halogens is 1. The maximum Gasteiger partial charge on any atom is 0.128 e. The second-order valence-corrected chi connectivity index (χ2v) is 3.19. The largest absolute Gasteiger partial charge is 0.269 e. The molecule has 1 atom stereocenters. The van der Waals surface area contributed by atoms with Gasteiger partial charge in [0.15, 0.2) is 0 Å². The molecule has 0 aromatic carbocycles. The Morgan fingerprint density at radius 3 is 2.90 bits per heavy atom. The van der Waals surface area contributed by atoms with Gasteiger partial charge in [0.1, 0.15) is 4.60 Å². The van der Waals surface area contributed by atoms with Crippen LogP contribution < -0.4 is 0 Å². The standard InChI is InChI=1S/C7H11BrN2/c1-3-6(2)10-5-4-7(8)9-10/h4-6H,3H2,1-2H3. The molecule has 56 valence electrons. The van der Waals surface area contributed by atoms with E-state index in [1.165, 1.54) is 0 Å². The maximum atomic E-state index is 4.21. The van der Waals surface area contributed by atoms with Crippen LogP contribution in [0.15, 0.2) is 16.9 Å². The zero-order valence-corrected chi connectivity index (χ0v) is 7.80. The lowest BCUT2D eigenvalue weighted by Gasteiger charge is -2.07. The summed E-state index contributed by atoms with van der Waals surface area (Å²) in [6, 6.07) is 2.46. The van der Waals surface area contributed by atoms with Crippen LogP contribution in [0.5, 0.6) is 0 Å². The zero-order chi connectivity index (χ0) is 7.56. The molecule has 0 aliphatic rings. The highest BCUT2D eigenvalue weighted by molar-refractivity contribution is 9.10. The van der Waals surface area contributed by atoms with E-state index in [9.17, 15) is 0 Å². The second kappa shape index (κ2) is 3.19. The highest BCUT2D eigenvalue weighted by Crippen LogP contribution is 2.11. The predicted molar refractivity (Wildman–Crippen MR) is 44.9 cm³/mol. The third-order valence-electron chi connectivity index (χ3n) is 1.62. The van der Waals surface area contributed by atoms with Crippen molar-refractivity contribution in [3.8, 4) is 0 Å². The zero-order valence-electron chi connectivity index (χ0n) is 6.21. The first kappa shape index (κ1) is 7.79. The van der Waals surface area contributed by atoms with E-state index >= 15 is 0 Å². The van der Waals surface area contributed by atoms with Gasteiger partial charge in [0.2, 0.25) is 0 Å². The summed E-state index contributed by atoms with van der Waals surface area (Å²) in [4.78, 5) is 0. The van der Waals surface area contributed by atoms with Crippen molar-refractivity contribution in [3.05, 3.63) is 16.9 Å². The summed E-state index contributed by atoms with van der Waals surface area (Å²) >= 11 is 3.30. The van der Waals surface area contributed by atoms with E-state index in [0.717, 1.165) is 11.0 Å². The highest BCUT2D eigenvalue weighted by Gasteiger charge is 2.01. The Morgan fingerprint density at radius 1 is 1.80 bits per heavy atom. The Hall–Kier alpha value is -0.310. The van der Waals surface area contributed by atoms with E-state index in [4.69, 9.17) is 0 Å². The molecule has 1 heterocycles. The van der Waals surface area contributed by atoms with Crippen molar-refractivity contribution < 1.29 is 0 Å². The van der Waals surface area contributed by atoms with Crippen molar-refractivity contribution in [2.45, 2.75) is 26.3 Å². The molecule has 0 aliphatic carbocycles. The average molecular weight is 203 g/mol. The van der Waals surface area contributed by atoms with E-state index in [1.807, 2.05) is 16.9 Å². The summed E-state index contributed by atoms with van der Waals surface area (Å²) in [6.45, 7) is 4.31. The summed E-state index contributed by atoms with van der Waals surface area (Å²) in [5.74, 6) is 0. The second-order valence-electron chi connectivity index (χ2n) is 2.38. The third-order valence-corrected chi connectivity index (χ3v) is 2.04. The van der Waals surface area contributed by atoms with Gasteiger partial charge in [-0.05, 0) is 35.3 Å². The number of aromatic nitrogens is 2. The van der Waals surface area contributed by atoms with Crippen molar-refractivity contribution in [2.24, 2.45) is 0 Å². The lowest BCUT2D eigenvalue weighted by atomic mass is 10.3. The summed E-state index contributed by atoms with van der Waals surface area (Å²) in [6.07, 6.45) is 3.10. The number of rotatable bonds is 2. The quantitative estimate of drug-likeness (QED) is 0.722. The van der Waals surface area contributed by atoms with Crippen molar-refractivity contribution in [1.29, 1.82) is 0 Å². The minimum Gasteiger partial charge on any atom is -0.269 e. The van der Waals surface area contributed by atoms with Crippen molar-refractivity contribution >= 4 is 15.9 Å². The van der Waals surface area contributed by atoms with Gasteiger partial charge in [-0.2, -0.15) is 5.10 Å². The SMILES string of the molecule is CCC(C)n1ccc(Br)n1. The highest BCUT2D eigenvalue weighted by atomic mass is 79.9. The van der Waals surface area contributed by atoms with Gasteiger partial charge in [0.25, 0.3) is 0 Å². The van der Waals surface area contributed by atoms with E-state index in [2.05, 4.69) is 34.9 Å². The van der Waals surface area contributed by atoms with Crippen LogP contribution in [0.25, 0.3) is 0 Å². The Balaban J connectivity index is 2.74. The van der Waals surface area contributed by atoms with Crippen LogP contribution in [-0.4, -0.2) is 9.78 Å². The van der Waals surface area contributed by atoms with Gasteiger partial charge < -0.3 is 0 Å². The molecule has 0 spiro atoms. The van der Waals surface area contributed by atoms with E-state index in [-0.39, 0.29) is 0 Å². The van der Waals surface area contributed by atoms with E-state index in [0.29, 0.717) is 6.04 Å². The van der Waals surface area contributed by atoms with Crippen LogP contribution in [0, 0.1) is 0 Å². The molecule has 0 aliphatic heterocycles. The Morgan fingerprint density at radius 2 is 2.50 bits per heavy atom. The molecule has 1 rings (SSSR count). The number of hydrogen-bond acceptors (Lipinski definition) is 1. The minimum absolute atomic E-state index is 0.506. The number of hydrogen-bond donors (Lipinski definition) is 0. The molecule has 1 aromatic heterocycles. The molecule has 2 nitrogen and oxygen atoms in total. The van der Waals surface area contributed by atoms with Gasteiger partial charge in [0, 0.05) is 12.2 Å². The summed E-state index contributed by atoms with van der Waals surface area (Å²) in [5, 5.41) is 4.21. The first-order valence-electron chi connectivity index (χ1n) is 3.44. The van der Waals surface area contributed by atoms with Gasteiger partial charge in [-0.3, -0.25) is 4.68 Å². The maximum absolute atomic E-state index is 4.21. The molecular formula is C7H11BrN2. The van der Waals surface area contributed by atoms with Gasteiger partial charge in [-0.1, -0.05) is 6.92 Å². The smallest absolute Gasteiger partial charge is 0.128 e. The average Bonchev–Trinajstić information content (AvgIpc) is 2.34. The molecule has 0 fully saturated rings. The molecule has 3 heteroatoms. The molecule has 0 saturated carbocycles. The van der Waals surface area contributed by atoms with Crippen molar-refractivity contribution in [3.63, 3.8) is 0 Å². The molecular weight excluding hydrogens is 192 g/mol. The Kier molecular flexibility index (Phi) is 2.49. The van der Waals surface area contributed by atoms with Gasteiger partial charge >= 0.3 is 0 Å². The monoisotopic (exact) mass is 202 g/mol. The lowest BCUT2D eigenvalue weighted by molar-refractivity contribution is 0.476. The fourth-order valence-electron chi connectivity index (χ4n) is 0.747. The normalized spacial score (nSPS) is 13.5. The van der Waals surface area contributed by atoms with Gasteiger partial charge in [-0.25, -0.2) is 0 Å². The van der Waals surface area contributed by atoms with E-state index in [1.54, 1.807) is 0 Å². The number of nitrogens with zero attached hydrogens (tertiary/aromatic N) is 2. The molecule has 0 saturated heterocycles. The van der Waals surface area contributed by atoms with Crippen LogP contribution >= 0.6 is 15.9 Å². The van der Waals surface area contributed by atoms with Crippen LogP contribution in [0.2, 0.25) is 0 Å². The van der Waals surface area contributed by atoms with Crippen LogP contribution in [0.3, 0.4) is 0 Å². The molecule has 0 N–H and O–H groups in total. The van der Waals surface area contributed by atoms with E-state index < -0.39 is 0 Å². The third kappa shape index (κ3) is 1.59. The fourth-order valence-corrected chi connectivity index (χ4v) is 1.05. The molecule has 0 bridgehead atoms. The van der Waals surface area contributed by atoms with Crippen LogP contribution in [0.1, 0.15) is 26.3 Å². The summed E-state index contributed by atoms with van der Waals surface area (Å²) in [7, 11) is 0. The summed E-state index contributed by atoms with van der Waals surface area (Å²) < 4.78 is 2.87. The van der Waals surface area contributed by atoms with Gasteiger partial charge in [0.05, 0.1) is 0 Å². The Bertz CT molecular complexity index is 207. The molecule has 1 aromatic rings.